The fraction of sp³-hybridized carbons (Fsp3) is 0.375. The van der Waals surface area contributed by atoms with E-state index in [1.54, 1.807) is 11.3 Å². The van der Waals surface area contributed by atoms with Gasteiger partial charge in [0.15, 0.2) is 6.61 Å². The Balaban J connectivity index is 1.73. The molecule has 0 fully saturated rings. The normalized spacial score (nSPS) is 10.4. The third kappa shape index (κ3) is 4.86. The molecule has 0 aliphatic heterocycles. The van der Waals surface area contributed by atoms with Crippen molar-refractivity contribution >= 4 is 17.2 Å². The van der Waals surface area contributed by atoms with Crippen LogP contribution < -0.4 is 10.1 Å². The number of benzene rings is 1. The molecule has 0 bridgehead atoms. The number of aryl methyl sites for hydroxylation is 3. The van der Waals surface area contributed by atoms with Gasteiger partial charge in [-0.2, -0.15) is 0 Å². The lowest BCUT2D eigenvalue weighted by Crippen LogP contribution is -2.30. The van der Waals surface area contributed by atoms with Gasteiger partial charge in [-0.05, 0) is 38.0 Å². The second-order valence-electron chi connectivity index (χ2n) is 5.02. The number of carbonyl (C=O) groups is 1. The lowest BCUT2D eigenvalue weighted by Gasteiger charge is -2.10. The molecule has 112 valence electrons. The van der Waals surface area contributed by atoms with Crippen molar-refractivity contribution in [3.8, 4) is 5.75 Å². The van der Waals surface area contributed by atoms with E-state index in [4.69, 9.17) is 4.74 Å². The van der Waals surface area contributed by atoms with E-state index in [-0.39, 0.29) is 12.5 Å². The van der Waals surface area contributed by atoms with E-state index in [1.165, 1.54) is 0 Å². The Bertz CT molecular complexity index is 622. The lowest BCUT2D eigenvalue weighted by molar-refractivity contribution is -0.123. The molecule has 21 heavy (non-hydrogen) atoms. The van der Waals surface area contributed by atoms with Crippen molar-refractivity contribution in [3.05, 3.63) is 45.4 Å². The summed E-state index contributed by atoms with van der Waals surface area (Å²) < 4.78 is 5.56. The summed E-state index contributed by atoms with van der Waals surface area (Å²) in [5.74, 6) is 0.656. The molecule has 2 aromatic rings. The van der Waals surface area contributed by atoms with Gasteiger partial charge < -0.3 is 10.1 Å². The van der Waals surface area contributed by atoms with Gasteiger partial charge in [0.1, 0.15) is 5.75 Å². The summed E-state index contributed by atoms with van der Waals surface area (Å²) >= 11 is 1.63. The molecule has 0 atom stereocenters. The van der Waals surface area contributed by atoms with Gasteiger partial charge in [0.25, 0.3) is 5.91 Å². The summed E-state index contributed by atoms with van der Waals surface area (Å²) in [7, 11) is 0. The number of carbonyl (C=O) groups excluding carboxylic acids is 1. The number of hydrogen-bond donors (Lipinski definition) is 1. The van der Waals surface area contributed by atoms with Crippen molar-refractivity contribution in [2.75, 3.05) is 13.2 Å². The fourth-order valence-corrected chi connectivity index (χ4v) is 2.56. The second kappa shape index (κ2) is 7.22. The van der Waals surface area contributed by atoms with Crippen molar-refractivity contribution in [2.24, 2.45) is 0 Å². The molecule has 1 N–H and O–H groups in total. The van der Waals surface area contributed by atoms with E-state index in [0.29, 0.717) is 6.54 Å². The van der Waals surface area contributed by atoms with Gasteiger partial charge >= 0.3 is 0 Å². The van der Waals surface area contributed by atoms with Crippen LogP contribution in [0, 0.1) is 20.8 Å². The van der Waals surface area contributed by atoms with Crippen molar-refractivity contribution in [3.63, 3.8) is 0 Å². The number of amides is 1. The van der Waals surface area contributed by atoms with E-state index in [2.05, 4.69) is 10.3 Å². The molecule has 0 radical (unpaired) electrons. The molecule has 0 aliphatic rings. The zero-order valence-electron chi connectivity index (χ0n) is 12.6. The molecule has 1 aromatic carbocycles. The molecule has 1 amide bonds. The average molecular weight is 304 g/mol. The SMILES string of the molecule is Cc1ccc(C)c(OCC(=O)NCCc2csc(C)n2)c1. The maximum absolute atomic E-state index is 11.8. The molecule has 0 unspecified atom stereocenters. The Hall–Kier alpha value is -1.88. The minimum Gasteiger partial charge on any atom is -0.483 e. The lowest BCUT2D eigenvalue weighted by atomic mass is 10.1. The number of hydrogen-bond acceptors (Lipinski definition) is 4. The molecule has 1 heterocycles. The molecule has 0 saturated heterocycles. The van der Waals surface area contributed by atoms with Crippen LogP contribution in [-0.4, -0.2) is 24.0 Å². The minimum absolute atomic E-state index is 0.0421. The van der Waals surface area contributed by atoms with Crippen LogP contribution in [0.5, 0.6) is 5.75 Å². The quantitative estimate of drug-likeness (QED) is 0.893. The summed E-state index contributed by atoms with van der Waals surface area (Å²) in [5.41, 5.74) is 3.18. The molecule has 0 saturated carbocycles. The smallest absolute Gasteiger partial charge is 0.257 e. The first-order valence-electron chi connectivity index (χ1n) is 6.92. The third-order valence-corrected chi connectivity index (χ3v) is 3.89. The summed E-state index contributed by atoms with van der Waals surface area (Å²) in [4.78, 5) is 16.1. The van der Waals surface area contributed by atoms with Gasteiger partial charge in [0.2, 0.25) is 0 Å². The molecular weight excluding hydrogens is 284 g/mol. The summed E-state index contributed by atoms with van der Waals surface area (Å²) in [6.07, 6.45) is 0.750. The van der Waals surface area contributed by atoms with Crippen LogP contribution in [0.4, 0.5) is 0 Å². The standard InChI is InChI=1S/C16H20N2O2S/c1-11-4-5-12(2)15(8-11)20-9-16(19)17-7-6-14-10-21-13(3)18-14/h4-5,8,10H,6-7,9H2,1-3H3,(H,17,19). The fourth-order valence-electron chi connectivity index (χ4n) is 1.91. The van der Waals surface area contributed by atoms with Gasteiger partial charge in [0.05, 0.1) is 10.7 Å². The van der Waals surface area contributed by atoms with E-state index < -0.39 is 0 Å². The molecule has 4 nitrogen and oxygen atoms in total. The number of aromatic nitrogens is 1. The summed E-state index contributed by atoms with van der Waals surface area (Å²) in [6.45, 7) is 6.57. The van der Waals surface area contributed by atoms with E-state index >= 15 is 0 Å². The van der Waals surface area contributed by atoms with Gasteiger partial charge in [-0.25, -0.2) is 4.98 Å². The largest absolute Gasteiger partial charge is 0.483 e. The van der Waals surface area contributed by atoms with Crippen LogP contribution in [-0.2, 0) is 11.2 Å². The maximum atomic E-state index is 11.8. The summed E-state index contributed by atoms with van der Waals surface area (Å²) in [5, 5.41) is 5.92. The first-order chi connectivity index (χ1) is 10.0. The van der Waals surface area contributed by atoms with Crippen LogP contribution in [0.15, 0.2) is 23.6 Å². The predicted molar refractivity (Wildman–Crippen MR) is 85.0 cm³/mol. The third-order valence-electron chi connectivity index (χ3n) is 3.07. The number of ether oxygens (including phenoxy) is 1. The maximum Gasteiger partial charge on any atom is 0.257 e. The van der Waals surface area contributed by atoms with Gasteiger partial charge in [0, 0.05) is 18.3 Å². The molecular formula is C16H20N2O2S. The highest BCUT2D eigenvalue weighted by atomic mass is 32.1. The molecule has 2 rings (SSSR count). The average Bonchev–Trinajstić information content (AvgIpc) is 2.85. The number of rotatable bonds is 6. The molecule has 0 spiro atoms. The van der Waals surface area contributed by atoms with Crippen LogP contribution in [0.25, 0.3) is 0 Å². The van der Waals surface area contributed by atoms with Crippen LogP contribution in [0.3, 0.4) is 0 Å². The van der Waals surface area contributed by atoms with Crippen molar-refractivity contribution < 1.29 is 9.53 Å². The Labute approximate surface area is 129 Å². The molecule has 5 heteroatoms. The van der Waals surface area contributed by atoms with Crippen LogP contribution in [0.2, 0.25) is 0 Å². The highest BCUT2D eigenvalue weighted by Gasteiger charge is 2.05. The van der Waals surface area contributed by atoms with E-state index in [9.17, 15) is 4.79 Å². The summed E-state index contributed by atoms with van der Waals surface area (Å²) in [6, 6.07) is 5.96. The molecule has 0 aliphatic carbocycles. The van der Waals surface area contributed by atoms with Crippen molar-refractivity contribution in [1.82, 2.24) is 10.3 Å². The zero-order valence-corrected chi connectivity index (χ0v) is 13.4. The number of thiazole rings is 1. The van der Waals surface area contributed by atoms with Gasteiger partial charge in [-0.1, -0.05) is 12.1 Å². The number of nitrogens with zero attached hydrogens (tertiary/aromatic N) is 1. The first-order valence-corrected chi connectivity index (χ1v) is 7.80. The van der Waals surface area contributed by atoms with E-state index in [0.717, 1.165) is 34.0 Å². The molecule has 1 aromatic heterocycles. The van der Waals surface area contributed by atoms with Crippen molar-refractivity contribution in [1.29, 1.82) is 0 Å². The first kappa shape index (κ1) is 15.5. The number of nitrogens with one attached hydrogen (secondary N) is 1. The Morgan fingerprint density at radius 3 is 2.86 bits per heavy atom. The van der Waals surface area contributed by atoms with Crippen LogP contribution >= 0.6 is 11.3 Å². The Morgan fingerprint density at radius 2 is 2.14 bits per heavy atom. The Kier molecular flexibility index (Phi) is 5.33. The zero-order chi connectivity index (χ0) is 15.2. The highest BCUT2D eigenvalue weighted by molar-refractivity contribution is 7.09. The highest BCUT2D eigenvalue weighted by Crippen LogP contribution is 2.18. The van der Waals surface area contributed by atoms with Gasteiger partial charge in [-0.3, -0.25) is 4.79 Å². The van der Waals surface area contributed by atoms with Crippen molar-refractivity contribution in [2.45, 2.75) is 27.2 Å². The van der Waals surface area contributed by atoms with E-state index in [1.807, 2.05) is 44.4 Å². The van der Waals surface area contributed by atoms with Gasteiger partial charge in [-0.15, -0.1) is 11.3 Å². The topological polar surface area (TPSA) is 51.2 Å². The van der Waals surface area contributed by atoms with Crippen LogP contribution in [0.1, 0.15) is 21.8 Å². The Morgan fingerprint density at radius 1 is 1.33 bits per heavy atom. The second-order valence-corrected chi connectivity index (χ2v) is 6.08. The monoisotopic (exact) mass is 304 g/mol. The predicted octanol–water partition coefficient (Wildman–Crippen LogP) is 2.81. The minimum atomic E-state index is -0.108.